The fourth-order valence-electron chi connectivity index (χ4n) is 2.54. The van der Waals surface area contributed by atoms with Crippen molar-refractivity contribution in [3.05, 3.63) is 46.2 Å². The maximum atomic E-state index is 12.6. The summed E-state index contributed by atoms with van der Waals surface area (Å²) in [7, 11) is 1.69. The molecule has 2 aromatic rings. The Kier molecular flexibility index (Phi) is 4.93. The highest BCUT2D eigenvalue weighted by Crippen LogP contribution is 2.21. The molecule has 1 N–H and O–H groups in total. The number of hydrogen-bond acceptors (Lipinski definition) is 4. The summed E-state index contributed by atoms with van der Waals surface area (Å²) in [6, 6.07) is 3.70. The fraction of sp³-hybridized carbons (Fsp3) is 0.412. The molecule has 0 bridgehead atoms. The summed E-state index contributed by atoms with van der Waals surface area (Å²) in [6.45, 7) is 7.76. The SMILES string of the molecule is CCOC(=O)c1c(C)[nH]c(C(=O)N(C)Cc2ccc(C)o2)c1C. The number of carbonyl (C=O) groups is 2. The Hall–Kier alpha value is -2.50. The van der Waals surface area contributed by atoms with E-state index in [9.17, 15) is 9.59 Å². The van der Waals surface area contributed by atoms with Crippen molar-refractivity contribution < 1.29 is 18.7 Å². The minimum absolute atomic E-state index is 0.199. The van der Waals surface area contributed by atoms with Crippen LogP contribution in [0.25, 0.3) is 0 Å². The molecule has 0 aliphatic carbocycles. The van der Waals surface area contributed by atoms with Gasteiger partial charge in [-0.15, -0.1) is 0 Å². The Morgan fingerprint density at radius 1 is 1.26 bits per heavy atom. The van der Waals surface area contributed by atoms with E-state index in [4.69, 9.17) is 9.15 Å². The summed E-state index contributed by atoms with van der Waals surface area (Å²) >= 11 is 0. The van der Waals surface area contributed by atoms with E-state index in [1.165, 1.54) is 0 Å². The van der Waals surface area contributed by atoms with Crippen molar-refractivity contribution in [2.75, 3.05) is 13.7 Å². The zero-order chi connectivity index (χ0) is 17.1. The molecule has 6 nitrogen and oxygen atoms in total. The molecular weight excluding hydrogens is 296 g/mol. The Morgan fingerprint density at radius 2 is 1.96 bits per heavy atom. The average Bonchev–Trinajstić information content (AvgIpc) is 3.01. The molecule has 0 aromatic carbocycles. The van der Waals surface area contributed by atoms with Gasteiger partial charge in [-0.05, 0) is 45.4 Å². The van der Waals surface area contributed by atoms with Gasteiger partial charge in [-0.1, -0.05) is 0 Å². The van der Waals surface area contributed by atoms with Crippen LogP contribution >= 0.6 is 0 Å². The fourth-order valence-corrected chi connectivity index (χ4v) is 2.54. The standard InChI is InChI=1S/C17H22N2O4/c1-6-22-17(21)14-11(3)15(18-12(14)4)16(20)19(5)9-13-8-7-10(2)23-13/h7-8,18H,6,9H2,1-5H3. The van der Waals surface area contributed by atoms with Gasteiger partial charge in [0.05, 0.1) is 18.7 Å². The van der Waals surface area contributed by atoms with Gasteiger partial charge in [0.2, 0.25) is 0 Å². The Morgan fingerprint density at radius 3 is 2.52 bits per heavy atom. The van der Waals surface area contributed by atoms with Crippen molar-refractivity contribution in [3.63, 3.8) is 0 Å². The quantitative estimate of drug-likeness (QED) is 0.860. The van der Waals surface area contributed by atoms with Crippen LogP contribution in [-0.4, -0.2) is 35.4 Å². The summed E-state index contributed by atoms with van der Waals surface area (Å²) in [4.78, 5) is 29.2. The molecule has 0 unspecified atom stereocenters. The number of ether oxygens (including phenoxy) is 1. The van der Waals surface area contributed by atoms with Gasteiger partial charge < -0.3 is 19.0 Å². The van der Waals surface area contributed by atoms with E-state index in [2.05, 4.69) is 4.98 Å². The van der Waals surface area contributed by atoms with Crippen molar-refractivity contribution >= 4 is 11.9 Å². The van der Waals surface area contributed by atoms with Crippen molar-refractivity contribution in [3.8, 4) is 0 Å². The minimum atomic E-state index is -0.415. The van der Waals surface area contributed by atoms with E-state index in [1.807, 2.05) is 19.1 Å². The number of esters is 1. The van der Waals surface area contributed by atoms with Gasteiger partial charge in [-0.3, -0.25) is 4.79 Å². The summed E-state index contributed by atoms with van der Waals surface area (Å²) < 4.78 is 10.5. The molecule has 6 heteroatoms. The molecule has 2 heterocycles. The van der Waals surface area contributed by atoms with Gasteiger partial charge >= 0.3 is 5.97 Å². The third kappa shape index (κ3) is 3.47. The van der Waals surface area contributed by atoms with Gasteiger partial charge in [0.1, 0.15) is 17.2 Å². The maximum absolute atomic E-state index is 12.6. The van der Waals surface area contributed by atoms with E-state index < -0.39 is 5.97 Å². The van der Waals surface area contributed by atoms with Gasteiger partial charge in [-0.2, -0.15) is 0 Å². The number of aromatic amines is 1. The molecule has 0 saturated heterocycles. The van der Waals surface area contributed by atoms with Crippen LogP contribution in [0.15, 0.2) is 16.5 Å². The van der Waals surface area contributed by atoms with E-state index in [0.29, 0.717) is 41.4 Å². The van der Waals surface area contributed by atoms with Crippen molar-refractivity contribution in [2.45, 2.75) is 34.2 Å². The van der Waals surface area contributed by atoms with Crippen molar-refractivity contribution in [1.82, 2.24) is 9.88 Å². The Labute approximate surface area is 135 Å². The lowest BCUT2D eigenvalue weighted by Crippen LogP contribution is -2.27. The van der Waals surface area contributed by atoms with Crippen molar-refractivity contribution in [1.29, 1.82) is 0 Å². The average molecular weight is 318 g/mol. The second-order valence-corrected chi connectivity index (χ2v) is 5.52. The number of rotatable bonds is 5. The monoisotopic (exact) mass is 318 g/mol. The van der Waals surface area contributed by atoms with Crippen LogP contribution in [0, 0.1) is 20.8 Å². The normalized spacial score (nSPS) is 10.7. The number of carbonyl (C=O) groups excluding carboxylic acids is 2. The smallest absolute Gasteiger partial charge is 0.340 e. The predicted molar refractivity (Wildman–Crippen MR) is 85.5 cm³/mol. The first-order valence-corrected chi connectivity index (χ1v) is 7.52. The van der Waals surface area contributed by atoms with Crippen molar-refractivity contribution in [2.24, 2.45) is 0 Å². The van der Waals surface area contributed by atoms with Gasteiger partial charge in [-0.25, -0.2) is 4.79 Å². The van der Waals surface area contributed by atoms with E-state index in [0.717, 1.165) is 5.76 Å². The zero-order valence-electron chi connectivity index (χ0n) is 14.1. The number of aryl methyl sites for hydroxylation is 2. The van der Waals surface area contributed by atoms with Crippen LogP contribution in [0.4, 0.5) is 0 Å². The number of furan rings is 1. The lowest BCUT2D eigenvalue weighted by molar-refractivity contribution is 0.0525. The summed E-state index contributed by atoms with van der Waals surface area (Å²) in [5.41, 5.74) is 2.06. The minimum Gasteiger partial charge on any atom is -0.464 e. The first kappa shape index (κ1) is 16.9. The third-order valence-electron chi connectivity index (χ3n) is 3.67. The van der Waals surface area contributed by atoms with Crippen LogP contribution in [0.2, 0.25) is 0 Å². The molecule has 2 rings (SSSR count). The first-order chi connectivity index (χ1) is 10.8. The largest absolute Gasteiger partial charge is 0.464 e. The van der Waals surface area contributed by atoms with Gasteiger partial charge in [0, 0.05) is 12.7 Å². The topological polar surface area (TPSA) is 75.5 Å². The molecule has 0 aliphatic rings. The number of nitrogens with zero attached hydrogens (tertiary/aromatic N) is 1. The zero-order valence-corrected chi connectivity index (χ0v) is 14.1. The number of hydrogen-bond donors (Lipinski definition) is 1. The van der Waals surface area contributed by atoms with Crippen LogP contribution in [0.5, 0.6) is 0 Å². The number of nitrogens with one attached hydrogen (secondary N) is 1. The van der Waals surface area contributed by atoms with Crippen LogP contribution in [0.3, 0.4) is 0 Å². The third-order valence-corrected chi connectivity index (χ3v) is 3.67. The summed E-state index contributed by atoms with van der Waals surface area (Å²) in [5.74, 6) is 0.902. The summed E-state index contributed by atoms with van der Waals surface area (Å²) in [6.07, 6.45) is 0. The molecule has 0 atom stereocenters. The van der Waals surface area contributed by atoms with Gasteiger partial charge in [0.15, 0.2) is 0 Å². The predicted octanol–water partition coefficient (Wildman–Crippen LogP) is 2.98. The molecule has 0 aliphatic heterocycles. The second-order valence-electron chi connectivity index (χ2n) is 5.52. The molecule has 23 heavy (non-hydrogen) atoms. The molecule has 0 radical (unpaired) electrons. The maximum Gasteiger partial charge on any atom is 0.340 e. The first-order valence-electron chi connectivity index (χ1n) is 7.52. The lowest BCUT2D eigenvalue weighted by Gasteiger charge is -2.15. The molecule has 0 saturated carbocycles. The Bertz CT molecular complexity index is 727. The van der Waals surface area contributed by atoms with E-state index in [-0.39, 0.29) is 5.91 Å². The molecule has 124 valence electrons. The molecule has 0 fully saturated rings. The Balaban J connectivity index is 2.22. The van der Waals surface area contributed by atoms with E-state index >= 15 is 0 Å². The number of amides is 1. The second kappa shape index (κ2) is 6.73. The molecule has 1 amide bonds. The lowest BCUT2D eigenvalue weighted by atomic mass is 10.1. The van der Waals surface area contributed by atoms with E-state index in [1.54, 1.807) is 32.7 Å². The van der Waals surface area contributed by atoms with Crippen LogP contribution in [0.1, 0.15) is 50.5 Å². The molecule has 0 spiro atoms. The highest BCUT2D eigenvalue weighted by molar-refractivity contribution is 6.00. The molecular formula is C17H22N2O4. The van der Waals surface area contributed by atoms with Gasteiger partial charge in [0.25, 0.3) is 5.91 Å². The van der Waals surface area contributed by atoms with Crippen LogP contribution < -0.4 is 0 Å². The number of aromatic nitrogens is 1. The molecule has 2 aromatic heterocycles. The highest BCUT2D eigenvalue weighted by atomic mass is 16.5. The number of H-pyrrole nitrogens is 1. The highest BCUT2D eigenvalue weighted by Gasteiger charge is 2.25. The summed E-state index contributed by atoms with van der Waals surface area (Å²) in [5, 5.41) is 0. The van der Waals surface area contributed by atoms with Crippen LogP contribution in [-0.2, 0) is 11.3 Å².